The SMILES string of the molecule is CCC1(Oc2cc(C(=O)[O-])ccc2F)CC2CC1C1C3CCC(C3)C21. The van der Waals surface area contributed by atoms with Gasteiger partial charge in [0.25, 0.3) is 0 Å². The molecule has 4 heteroatoms. The maximum atomic E-state index is 14.3. The van der Waals surface area contributed by atoms with E-state index in [0.29, 0.717) is 11.8 Å². The first-order chi connectivity index (χ1) is 12.0. The molecule has 4 fully saturated rings. The first-order valence-corrected chi connectivity index (χ1v) is 9.72. The number of ether oxygens (including phenoxy) is 1. The Morgan fingerprint density at radius 3 is 2.72 bits per heavy atom. The number of carbonyl (C=O) groups is 1. The van der Waals surface area contributed by atoms with Crippen LogP contribution in [-0.2, 0) is 0 Å². The Morgan fingerprint density at radius 2 is 2.00 bits per heavy atom. The second-order valence-electron chi connectivity index (χ2n) is 8.75. The fraction of sp³-hybridized carbons (Fsp3) is 0.667. The zero-order valence-corrected chi connectivity index (χ0v) is 14.5. The topological polar surface area (TPSA) is 49.4 Å². The van der Waals surface area contributed by atoms with Crippen molar-refractivity contribution in [3.63, 3.8) is 0 Å². The van der Waals surface area contributed by atoms with Crippen LogP contribution in [0, 0.1) is 41.3 Å². The van der Waals surface area contributed by atoms with Gasteiger partial charge >= 0.3 is 0 Å². The van der Waals surface area contributed by atoms with E-state index in [0.717, 1.165) is 36.5 Å². The summed E-state index contributed by atoms with van der Waals surface area (Å²) in [5.41, 5.74) is -0.356. The van der Waals surface area contributed by atoms with Crippen LogP contribution in [0.4, 0.5) is 4.39 Å². The van der Waals surface area contributed by atoms with E-state index >= 15 is 0 Å². The predicted molar refractivity (Wildman–Crippen MR) is 88.4 cm³/mol. The minimum Gasteiger partial charge on any atom is -0.545 e. The molecule has 0 aliphatic heterocycles. The molecule has 134 valence electrons. The fourth-order valence-electron chi connectivity index (χ4n) is 7.22. The van der Waals surface area contributed by atoms with Crippen LogP contribution in [0.1, 0.15) is 55.8 Å². The third-order valence-electron chi connectivity index (χ3n) is 7.97. The number of hydrogen-bond donors (Lipinski definition) is 0. The van der Waals surface area contributed by atoms with E-state index < -0.39 is 11.8 Å². The van der Waals surface area contributed by atoms with Crippen LogP contribution in [0.5, 0.6) is 5.75 Å². The summed E-state index contributed by atoms with van der Waals surface area (Å²) in [7, 11) is 0. The highest BCUT2D eigenvalue weighted by Gasteiger charge is 2.67. The molecule has 1 aromatic rings. The van der Waals surface area contributed by atoms with Gasteiger partial charge in [-0.25, -0.2) is 4.39 Å². The minimum atomic E-state index is -1.29. The van der Waals surface area contributed by atoms with Crippen LogP contribution in [0.25, 0.3) is 0 Å². The number of halogens is 1. The van der Waals surface area contributed by atoms with Crippen molar-refractivity contribution in [2.75, 3.05) is 0 Å². The molecule has 0 radical (unpaired) electrons. The number of hydrogen-bond acceptors (Lipinski definition) is 3. The Labute approximate surface area is 147 Å². The van der Waals surface area contributed by atoms with Gasteiger partial charge in [0.05, 0.1) is 5.97 Å². The van der Waals surface area contributed by atoms with E-state index in [2.05, 4.69) is 6.92 Å². The van der Waals surface area contributed by atoms with Gasteiger partial charge in [0.1, 0.15) is 5.60 Å². The maximum absolute atomic E-state index is 14.3. The molecule has 7 atom stereocenters. The largest absolute Gasteiger partial charge is 0.545 e. The zero-order valence-electron chi connectivity index (χ0n) is 14.5. The lowest BCUT2D eigenvalue weighted by Gasteiger charge is -2.46. The average Bonchev–Trinajstić information content (AvgIpc) is 3.34. The van der Waals surface area contributed by atoms with Gasteiger partial charge in [-0.2, -0.15) is 0 Å². The molecule has 4 aliphatic carbocycles. The quantitative estimate of drug-likeness (QED) is 0.787. The summed E-state index contributed by atoms with van der Waals surface area (Å²) < 4.78 is 20.6. The Kier molecular flexibility index (Phi) is 3.27. The van der Waals surface area contributed by atoms with E-state index in [1.165, 1.54) is 43.9 Å². The normalized spacial score (nSPS) is 43.4. The predicted octanol–water partition coefficient (Wildman–Crippen LogP) is 3.42. The molecular formula is C21H24FO3-. The molecule has 3 nitrogen and oxygen atoms in total. The number of aromatic carboxylic acids is 1. The number of fused-ring (bicyclic) bond motifs is 9. The van der Waals surface area contributed by atoms with Crippen molar-refractivity contribution in [2.24, 2.45) is 35.5 Å². The van der Waals surface area contributed by atoms with Crippen molar-refractivity contribution < 1.29 is 19.0 Å². The zero-order chi connectivity index (χ0) is 17.3. The Morgan fingerprint density at radius 1 is 1.24 bits per heavy atom. The van der Waals surface area contributed by atoms with Crippen LogP contribution < -0.4 is 9.84 Å². The summed E-state index contributed by atoms with van der Waals surface area (Å²) in [6.07, 6.45) is 7.19. The summed E-state index contributed by atoms with van der Waals surface area (Å²) >= 11 is 0. The van der Waals surface area contributed by atoms with Crippen LogP contribution >= 0.6 is 0 Å². The van der Waals surface area contributed by atoms with E-state index in [9.17, 15) is 14.3 Å². The number of carboxylic acids is 1. The van der Waals surface area contributed by atoms with E-state index in [-0.39, 0.29) is 16.9 Å². The Balaban J connectivity index is 1.47. The lowest BCUT2D eigenvalue weighted by Crippen LogP contribution is -2.48. The van der Waals surface area contributed by atoms with Gasteiger partial charge in [0.2, 0.25) is 0 Å². The molecule has 0 saturated heterocycles. The molecule has 4 saturated carbocycles. The van der Waals surface area contributed by atoms with Crippen LogP contribution in [0.15, 0.2) is 18.2 Å². The van der Waals surface area contributed by atoms with Gasteiger partial charge in [0.15, 0.2) is 11.6 Å². The molecular weight excluding hydrogens is 319 g/mol. The van der Waals surface area contributed by atoms with Crippen LogP contribution in [0.3, 0.4) is 0 Å². The molecule has 0 aromatic heterocycles. The van der Waals surface area contributed by atoms with Crippen molar-refractivity contribution in [2.45, 2.75) is 51.0 Å². The number of benzene rings is 1. The Bertz CT molecular complexity index is 732. The highest BCUT2D eigenvalue weighted by atomic mass is 19.1. The molecule has 25 heavy (non-hydrogen) atoms. The molecule has 5 rings (SSSR count). The molecule has 0 amide bonds. The van der Waals surface area contributed by atoms with Crippen molar-refractivity contribution in [1.82, 2.24) is 0 Å². The van der Waals surface area contributed by atoms with Crippen molar-refractivity contribution >= 4 is 5.97 Å². The summed E-state index contributed by atoms with van der Waals surface area (Å²) in [4.78, 5) is 11.1. The molecule has 1 aromatic carbocycles. The standard InChI is InChI=1S/C21H25FO3/c1-2-21(25-17-9-13(20(23)24)5-6-16(17)22)10-14-8-15(21)19-12-4-3-11(7-12)18(14)19/h5-6,9,11-12,14-15,18-19H,2-4,7-8,10H2,1H3,(H,23,24)/p-1. The van der Waals surface area contributed by atoms with Crippen LogP contribution in [0.2, 0.25) is 0 Å². The first-order valence-electron chi connectivity index (χ1n) is 9.72. The third kappa shape index (κ3) is 2.06. The number of carbonyl (C=O) groups excluding carboxylic acids is 1. The second kappa shape index (κ2) is 5.21. The van der Waals surface area contributed by atoms with Gasteiger partial charge in [0, 0.05) is 11.5 Å². The molecule has 0 N–H and O–H groups in total. The molecule has 4 bridgehead atoms. The second-order valence-corrected chi connectivity index (χ2v) is 8.75. The smallest absolute Gasteiger partial charge is 0.165 e. The highest BCUT2D eigenvalue weighted by Crippen LogP contribution is 2.70. The monoisotopic (exact) mass is 343 g/mol. The molecule has 7 unspecified atom stereocenters. The van der Waals surface area contributed by atoms with Crippen LogP contribution in [-0.4, -0.2) is 11.6 Å². The van der Waals surface area contributed by atoms with Gasteiger partial charge in [-0.1, -0.05) is 6.92 Å². The van der Waals surface area contributed by atoms with Crippen molar-refractivity contribution in [1.29, 1.82) is 0 Å². The van der Waals surface area contributed by atoms with E-state index in [4.69, 9.17) is 4.74 Å². The highest BCUT2D eigenvalue weighted by molar-refractivity contribution is 5.86. The summed E-state index contributed by atoms with van der Waals surface area (Å²) in [6.45, 7) is 2.13. The van der Waals surface area contributed by atoms with Gasteiger partial charge < -0.3 is 14.6 Å². The summed E-state index contributed by atoms with van der Waals surface area (Å²) in [5.74, 6) is 2.86. The summed E-state index contributed by atoms with van der Waals surface area (Å²) in [5, 5.41) is 11.1. The number of carboxylic acid groups (broad SMARTS) is 1. The average molecular weight is 343 g/mol. The van der Waals surface area contributed by atoms with Gasteiger partial charge in [-0.3, -0.25) is 0 Å². The Hall–Kier alpha value is -1.58. The first kappa shape index (κ1) is 15.7. The third-order valence-corrected chi connectivity index (χ3v) is 7.97. The molecule has 4 aliphatic rings. The maximum Gasteiger partial charge on any atom is 0.165 e. The van der Waals surface area contributed by atoms with E-state index in [1.54, 1.807) is 0 Å². The molecule has 0 heterocycles. The molecule has 0 spiro atoms. The number of rotatable bonds is 4. The van der Waals surface area contributed by atoms with Crippen molar-refractivity contribution in [3.8, 4) is 5.75 Å². The van der Waals surface area contributed by atoms with Crippen molar-refractivity contribution in [3.05, 3.63) is 29.6 Å². The lowest BCUT2D eigenvalue weighted by atomic mass is 9.65. The van der Waals surface area contributed by atoms with Gasteiger partial charge in [-0.05, 0) is 86.3 Å². The lowest BCUT2D eigenvalue weighted by molar-refractivity contribution is -0.255. The van der Waals surface area contributed by atoms with E-state index in [1.807, 2.05) is 0 Å². The summed E-state index contributed by atoms with van der Waals surface area (Å²) in [6, 6.07) is 3.71. The van der Waals surface area contributed by atoms with Gasteiger partial charge in [-0.15, -0.1) is 0 Å². The fourth-order valence-corrected chi connectivity index (χ4v) is 7.22. The minimum absolute atomic E-state index is 0.0244.